The van der Waals surface area contributed by atoms with Gasteiger partial charge in [-0.25, -0.2) is 14.9 Å². The van der Waals surface area contributed by atoms with Gasteiger partial charge in [-0.15, -0.1) is 5.10 Å². The second-order valence-corrected chi connectivity index (χ2v) is 9.27. The maximum absolute atomic E-state index is 13.6. The van der Waals surface area contributed by atoms with Gasteiger partial charge in [-0.3, -0.25) is 18.7 Å². The molecule has 3 aromatic heterocycles. The second kappa shape index (κ2) is 10.9. The first-order chi connectivity index (χ1) is 19.3. The number of imidazole rings is 1. The largest absolute Gasteiger partial charge is 0.469 e. The topological polar surface area (TPSA) is 143 Å². The molecule has 204 valence electrons. The molecule has 0 aliphatic carbocycles. The molecular formula is C28H28N8O4. The number of fused-ring (bicyclic) bond motifs is 1. The van der Waals surface area contributed by atoms with E-state index in [-0.39, 0.29) is 24.1 Å². The average molecular weight is 541 g/mol. The molecule has 0 unspecified atom stereocenters. The number of hydrogen-bond acceptors (Lipinski definition) is 8. The van der Waals surface area contributed by atoms with Gasteiger partial charge in [-0.2, -0.15) is 0 Å². The number of nitrogens with zero attached hydrogens (tertiary/aromatic N) is 7. The van der Waals surface area contributed by atoms with Gasteiger partial charge in [-0.1, -0.05) is 62.0 Å². The van der Waals surface area contributed by atoms with E-state index >= 15 is 0 Å². The van der Waals surface area contributed by atoms with Gasteiger partial charge >= 0.3 is 11.7 Å². The zero-order valence-electron chi connectivity index (χ0n) is 22.4. The molecule has 0 fully saturated rings. The molecule has 0 spiro atoms. The maximum Gasteiger partial charge on any atom is 0.332 e. The number of allylic oxidation sites excluding steroid dienone is 1. The molecule has 3 heterocycles. The van der Waals surface area contributed by atoms with E-state index in [4.69, 9.17) is 0 Å². The van der Waals surface area contributed by atoms with Crippen LogP contribution in [0, 0.1) is 0 Å². The number of carbonyl (C=O) groups excluding carboxylic acids is 1. The Morgan fingerprint density at radius 1 is 1.05 bits per heavy atom. The first kappa shape index (κ1) is 26.5. The Morgan fingerprint density at radius 2 is 1.77 bits per heavy atom. The normalized spacial score (nSPS) is 11.2. The van der Waals surface area contributed by atoms with Crippen molar-refractivity contribution in [1.82, 2.24) is 39.3 Å². The predicted molar refractivity (Wildman–Crippen MR) is 149 cm³/mol. The summed E-state index contributed by atoms with van der Waals surface area (Å²) in [5.74, 6) is 0.591. The summed E-state index contributed by atoms with van der Waals surface area (Å²) in [6.07, 6.45) is 0.507. The fourth-order valence-electron chi connectivity index (χ4n) is 4.64. The zero-order chi connectivity index (χ0) is 28.4. The van der Waals surface area contributed by atoms with Crippen LogP contribution in [0.1, 0.15) is 31.2 Å². The fraction of sp³-hybridized carbons (Fsp3) is 0.250. The Labute approximate surface area is 228 Å². The number of aromatic nitrogens is 8. The molecule has 12 heteroatoms. The SMILES string of the molecule is C=C(CC)c1nc2c(c(=O)n(CCC(=O)OC)c(=O)n2C)n1Cc1ccc(-c2ccccc2-c2nnn[nH]2)cc1. The minimum absolute atomic E-state index is 0.0990. The third-order valence-corrected chi connectivity index (χ3v) is 6.88. The van der Waals surface area contributed by atoms with Crippen LogP contribution in [0.15, 0.2) is 64.7 Å². The number of aryl methyl sites for hydroxylation is 1. The fourth-order valence-corrected chi connectivity index (χ4v) is 4.64. The molecule has 40 heavy (non-hydrogen) atoms. The van der Waals surface area contributed by atoms with Crippen molar-refractivity contribution in [2.45, 2.75) is 32.9 Å². The highest BCUT2D eigenvalue weighted by atomic mass is 16.5. The van der Waals surface area contributed by atoms with Crippen molar-refractivity contribution < 1.29 is 9.53 Å². The number of aromatic amines is 1. The number of nitrogens with one attached hydrogen (secondary N) is 1. The van der Waals surface area contributed by atoms with Crippen molar-refractivity contribution in [2.75, 3.05) is 7.11 Å². The number of methoxy groups -OCH3 is 1. The molecule has 12 nitrogen and oxygen atoms in total. The predicted octanol–water partition coefficient (Wildman–Crippen LogP) is 2.78. The number of tetrazole rings is 1. The molecule has 0 radical (unpaired) electrons. The molecule has 5 rings (SSSR count). The lowest BCUT2D eigenvalue weighted by Crippen LogP contribution is -2.40. The van der Waals surface area contributed by atoms with Crippen LogP contribution in [0.3, 0.4) is 0 Å². The van der Waals surface area contributed by atoms with Crippen molar-refractivity contribution in [3.8, 4) is 22.5 Å². The Kier molecular flexibility index (Phi) is 7.23. The third-order valence-electron chi connectivity index (χ3n) is 6.88. The number of hydrogen-bond donors (Lipinski definition) is 1. The van der Waals surface area contributed by atoms with Crippen LogP contribution in [0.5, 0.6) is 0 Å². The average Bonchev–Trinajstić information content (AvgIpc) is 3.65. The van der Waals surface area contributed by atoms with E-state index in [0.717, 1.165) is 32.4 Å². The molecule has 2 aromatic carbocycles. The smallest absolute Gasteiger partial charge is 0.332 e. The lowest BCUT2D eigenvalue weighted by atomic mass is 9.98. The van der Waals surface area contributed by atoms with E-state index in [1.165, 1.54) is 11.7 Å². The van der Waals surface area contributed by atoms with Gasteiger partial charge in [0.1, 0.15) is 5.82 Å². The molecule has 0 amide bonds. The van der Waals surface area contributed by atoms with Crippen LogP contribution in [0.2, 0.25) is 0 Å². The van der Waals surface area contributed by atoms with E-state index in [1.54, 1.807) is 11.6 Å². The Morgan fingerprint density at radius 3 is 2.42 bits per heavy atom. The van der Waals surface area contributed by atoms with E-state index < -0.39 is 17.2 Å². The van der Waals surface area contributed by atoms with Gasteiger partial charge in [0.25, 0.3) is 5.56 Å². The van der Waals surface area contributed by atoms with Gasteiger partial charge in [0.05, 0.1) is 13.5 Å². The highest BCUT2D eigenvalue weighted by Gasteiger charge is 2.22. The van der Waals surface area contributed by atoms with Crippen LogP contribution >= 0.6 is 0 Å². The molecule has 0 bridgehead atoms. The second-order valence-electron chi connectivity index (χ2n) is 9.27. The highest BCUT2D eigenvalue weighted by molar-refractivity contribution is 5.80. The lowest BCUT2D eigenvalue weighted by Gasteiger charge is -2.13. The molecule has 5 aromatic rings. The summed E-state index contributed by atoms with van der Waals surface area (Å²) in [6, 6.07) is 15.8. The van der Waals surface area contributed by atoms with Gasteiger partial charge in [-0.05, 0) is 39.1 Å². The third kappa shape index (κ3) is 4.75. The minimum Gasteiger partial charge on any atom is -0.469 e. The van der Waals surface area contributed by atoms with Gasteiger partial charge in [0.2, 0.25) is 0 Å². The molecule has 0 saturated carbocycles. The summed E-state index contributed by atoms with van der Waals surface area (Å²) in [6.45, 7) is 6.32. The van der Waals surface area contributed by atoms with E-state index in [1.807, 2.05) is 55.5 Å². The summed E-state index contributed by atoms with van der Waals surface area (Å²) >= 11 is 0. The molecular weight excluding hydrogens is 512 g/mol. The number of carbonyl (C=O) groups is 1. The van der Waals surface area contributed by atoms with E-state index in [9.17, 15) is 14.4 Å². The first-order valence-corrected chi connectivity index (χ1v) is 12.7. The highest BCUT2D eigenvalue weighted by Crippen LogP contribution is 2.30. The van der Waals surface area contributed by atoms with E-state index in [2.05, 4.69) is 36.9 Å². The Hall–Kier alpha value is -5.13. The van der Waals surface area contributed by atoms with Gasteiger partial charge < -0.3 is 9.30 Å². The summed E-state index contributed by atoms with van der Waals surface area (Å²) in [4.78, 5) is 43.0. The van der Waals surface area contributed by atoms with Gasteiger partial charge in [0, 0.05) is 25.7 Å². The van der Waals surface area contributed by atoms with E-state index in [0.29, 0.717) is 24.6 Å². The van der Waals surface area contributed by atoms with Gasteiger partial charge in [0.15, 0.2) is 17.0 Å². The Bertz CT molecular complexity index is 1830. The molecule has 0 aliphatic rings. The Balaban J connectivity index is 1.58. The van der Waals surface area contributed by atoms with Crippen molar-refractivity contribution >= 4 is 22.7 Å². The number of rotatable bonds is 9. The monoisotopic (exact) mass is 540 g/mol. The van der Waals surface area contributed by atoms with Crippen LogP contribution in [-0.4, -0.2) is 52.4 Å². The molecule has 0 aliphatic heterocycles. The number of ether oxygens (including phenoxy) is 1. The number of H-pyrrole nitrogens is 1. The van der Waals surface area contributed by atoms with Crippen LogP contribution < -0.4 is 11.2 Å². The lowest BCUT2D eigenvalue weighted by molar-refractivity contribution is -0.140. The first-order valence-electron chi connectivity index (χ1n) is 12.7. The summed E-state index contributed by atoms with van der Waals surface area (Å²) in [7, 11) is 2.82. The van der Waals surface area contributed by atoms with Crippen molar-refractivity contribution in [3.05, 3.63) is 87.3 Å². The van der Waals surface area contributed by atoms with Crippen molar-refractivity contribution in [2.24, 2.45) is 7.05 Å². The summed E-state index contributed by atoms with van der Waals surface area (Å²) < 4.78 is 8.86. The van der Waals surface area contributed by atoms with Crippen LogP contribution in [-0.2, 0) is 29.7 Å². The number of benzene rings is 2. The van der Waals surface area contributed by atoms with Crippen LogP contribution in [0.25, 0.3) is 39.3 Å². The minimum atomic E-state index is -0.551. The maximum atomic E-state index is 13.6. The number of esters is 1. The summed E-state index contributed by atoms with van der Waals surface area (Å²) in [5.41, 5.74) is 3.92. The zero-order valence-corrected chi connectivity index (χ0v) is 22.4. The van der Waals surface area contributed by atoms with Crippen molar-refractivity contribution in [3.63, 3.8) is 0 Å². The van der Waals surface area contributed by atoms with Crippen LogP contribution in [0.4, 0.5) is 0 Å². The molecule has 1 N–H and O–H groups in total. The standard InChI is InChI=1S/C28H28N8O4/c1-5-17(2)25-29-26-23(27(38)35(28(39)34(26)3)15-14-22(37)40-4)36(25)16-18-10-12-19(13-11-18)20-8-6-7-9-21(20)24-30-32-33-31-24/h6-13H,2,5,14-16H2,1,3-4H3,(H,30,31,32,33). The summed E-state index contributed by atoms with van der Waals surface area (Å²) in [5, 5.41) is 14.2. The molecule has 0 atom stereocenters. The molecule has 0 saturated heterocycles. The quantitative estimate of drug-likeness (QED) is 0.281. The van der Waals surface area contributed by atoms with Crippen molar-refractivity contribution in [1.29, 1.82) is 0 Å².